The summed E-state index contributed by atoms with van der Waals surface area (Å²) in [7, 11) is 0. The molecule has 1 aliphatic carbocycles. The molecule has 1 atom stereocenters. The van der Waals surface area contributed by atoms with Crippen LogP contribution < -0.4 is 0 Å². The first-order valence-electron chi connectivity index (χ1n) is 8.64. The normalized spacial score (nSPS) is 18.1. The van der Waals surface area contributed by atoms with E-state index in [-0.39, 0.29) is 0 Å². The van der Waals surface area contributed by atoms with Crippen LogP contribution >= 0.6 is 0 Å². The van der Waals surface area contributed by atoms with Crippen molar-refractivity contribution in [3.8, 4) is 12.1 Å². The molecule has 0 aromatic heterocycles. The maximum atomic E-state index is 9.83. The molecule has 2 nitrogen and oxygen atoms in total. The highest BCUT2D eigenvalue weighted by Gasteiger charge is 2.31. The van der Waals surface area contributed by atoms with Gasteiger partial charge >= 0.3 is 0 Å². The Labute approximate surface area is 134 Å². The van der Waals surface area contributed by atoms with E-state index >= 15 is 0 Å². The average Bonchev–Trinajstić information content (AvgIpc) is 2.60. The second kappa shape index (κ2) is 8.60. The Morgan fingerprint density at radius 2 is 1.73 bits per heavy atom. The molecule has 22 heavy (non-hydrogen) atoms. The van der Waals surface area contributed by atoms with Gasteiger partial charge in [-0.25, -0.2) is 0 Å². The van der Waals surface area contributed by atoms with Gasteiger partial charge in [0.1, 0.15) is 0 Å². The second-order valence-electron chi connectivity index (χ2n) is 6.61. The van der Waals surface area contributed by atoms with Crippen molar-refractivity contribution in [2.75, 3.05) is 0 Å². The molecular weight excluding hydrogens is 268 g/mol. The SMILES string of the molecule is N#CCCC(C#N)(CCCC1CCCCC1)c1ccccc1. The van der Waals surface area contributed by atoms with E-state index in [1.54, 1.807) is 0 Å². The van der Waals surface area contributed by atoms with Gasteiger partial charge in [-0.2, -0.15) is 10.5 Å². The third-order valence-electron chi connectivity index (χ3n) is 5.14. The lowest BCUT2D eigenvalue weighted by Gasteiger charge is -2.28. The molecule has 1 saturated carbocycles. The zero-order valence-electron chi connectivity index (χ0n) is 13.4. The molecule has 0 heterocycles. The van der Waals surface area contributed by atoms with E-state index < -0.39 is 5.41 Å². The van der Waals surface area contributed by atoms with Crippen LogP contribution in [0.3, 0.4) is 0 Å². The van der Waals surface area contributed by atoms with Gasteiger partial charge in [-0.15, -0.1) is 0 Å². The molecule has 1 aromatic carbocycles. The monoisotopic (exact) mass is 294 g/mol. The molecule has 1 aliphatic rings. The van der Waals surface area contributed by atoms with Crippen molar-refractivity contribution in [3.05, 3.63) is 35.9 Å². The first-order chi connectivity index (χ1) is 10.8. The Balaban J connectivity index is 2.01. The Morgan fingerprint density at radius 3 is 2.36 bits per heavy atom. The van der Waals surface area contributed by atoms with Crippen molar-refractivity contribution >= 4 is 0 Å². The predicted molar refractivity (Wildman–Crippen MR) is 89.0 cm³/mol. The smallest absolute Gasteiger partial charge is 0.0832 e. The van der Waals surface area contributed by atoms with E-state index in [1.165, 1.54) is 38.5 Å². The van der Waals surface area contributed by atoms with Gasteiger partial charge in [0.25, 0.3) is 0 Å². The lowest BCUT2D eigenvalue weighted by molar-refractivity contribution is 0.316. The zero-order chi connectivity index (χ0) is 15.7. The molecule has 0 N–H and O–H groups in total. The van der Waals surface area contributed by atoms with Crippen LogP contribution in [0.1, 0.15) is 69.8 Å². The van der Waals surface area contributed by atoms with Gasteiger partial charge in [0, 0.05) is 6.42 Å². The van der Waals surface area contributed by atoms with E-state index in [9.17, 15) is 5.26 Å². The Bertz CT molecular complexity index is 517. The first kappa shape index (κ1) is 16.6. The van der Waals surface area contributed by atoms with Gasteiger partial charge in [-0.3, -0.25) is 0 Å². The van der Waals surface area contributed by atoms with Gasteiger partial charge in [0.2, 0.25) is 0 Å². The van der Waals surface area contributed by atoms with E-state index in [4.69, 9.17) is 5.26 Å². The minimum Gasteiger partial charge on any atom is -0.198 e. The second-order valence-corrected chi connectivity index (χ2v) is 6.61. The predicted octanol–water partition coefficient (Wildman–Crippen LogP) is 5.50. The van der Waals surface area contributed by atoms with Gasteiger partial charge in [-0.1, -0.05) is 75.3 Å². The molecular formula is C20H26N2. The van der Waals surface area contributed by atoms with Crippen LogP contribution in [0.4, 0.5) is 0 Å². The molecule has 116 valence electrons. The fraction of sp³-hybridized carbons (Fsp3) is 0.600. The largest absolute Gasteiger partial charge is 0.198 e. The molecule has 0 amide bonds. The highest BCUT2D eigenvalue weighted by Crippen LogP contribution is 2.36. The van der Waals surface area contributed by atoms with Crippen LogP contribution in [-0.4, -0.2) is 0 Å². The summed E-state index contributed by atoms with van der Waals surface area (Å²) in [5, 5.41) is 18.8. The lowest BCUT2D eigenvalue weighted by Crippen LogP contribution is -2.24. The van der Waals surface area contributed by atoms with Gasteiger partial charge in [-0.05, 0) is 24.3 Å². The van der Waals surface area contributed by atoms with Gasteiger partial charge in [0.05, 0.1) is 17.6 Å². The maximum absolute atomic E-state index is 9.83. The Morgan fingerprint density at radius 1 is 1.00 bits per heavy atom. The third kappa shape index (κ3) is 4.35. The van der Waals surface area contributed by atoms with Gasteiger partial charge in [0.15, 0.2) is 0 Å². The third-order valence-corrected chi connectivity index (χ3v) is 5.14. The summed E-state index contributed by atoms with van der Waals surface area (Å²) in [4.78, 5) is 0. The van der Waals surface area contributed by atoms with E-state index in [0.717, 1.165) is 24.3 Å². The number of nitriles is 2. The molecule has 1 fully saturated rings. The van der Waals surface area contributed by atoms with Crippen LogP contribution in [0.15, 0.2) is 30.3 Å². The molecule has 1 aromatic rings. The number of rotatable bonds is 7. The lowest BCUT2D eigenvalue weighted by atomic mass is 9.73. The fourth-order valence-corrected chi connectivity index (χ4v) is 3.78. The summed E-state index contributed by atoms with van der Waals surface area (Å²) in [5.41, 5.74) is 0.599. The van der Waals surface area contributed by atoms with Crippen LogP contribution in [0, 0.1) is 28.6 Å². The first-order valence-corrected chi connectivity index (χ1v) is 8.64. The molecule has 0 bridgehead atoms. The van der Waals surface area contributed by atoms with Gasteiger partial charge < -0.3 is 0 Å². The van der Waals surface area contributed by atoms with Crippen molar-refractivity contribution < 1.29 is 0 Å². The van der Waals surface area contributed by atoms with Crippen molar-refractivity contribution in [1.29, 1.82) is 10.5 Å². The molecule has 2 rings (SSSR count). The minimum absolute atomic E-state index is 0.450. The van der Waals surface area contributed by atoms with Crippen molar-refractivity contribution in [2.45, 2.75) is 69.6 Å². The van der Waals surface area contributed by atoms with Crippen LogP contribution in [0.5, 0.6) is 0 Å². The summed E-state index contributed by atoms with van der Waals surface area (Å²) < 4.78 is 0. The quantitative estimate of drug-likeness (QED) is 0.666. The molecule has 1 unspecified atom stereocenters. The van der Waals surface area contributed by atoms with Crippen molar-refractivity contribution in [2.24, 2.45) is 5.92 Å². The molecule has 0 saturated heterocycles. The summed E-state index contributed by atoms with van der Waals surface area (Å²) >= 11 is 0. The van der Waals surface area contributed by atoms with Crippen LogP contribution in [0.25, 0.3) is 0 Å². The van der Waals surface area contributed by atoms with Crippen LogP contribution in [0.2, 0.25) is 0 Å². The molecule has 0 spiro atoms. The minimum atomic E-state index is -0.480. The Hall–Kier alpha value is -1.80. The molecule has 2 heteroatoms. The zero-order valence-corrected chi connectivity index (χ0v) is 13.4. The average molecular weight is 294 g/mol. The maximum Gasteiger partial charge on any atom is 0.0832 e. The number of hydrogen-bond acceptors (Lipinski definition) is 2. The summed E-state index contributed by atoms with van der Waals surface area (Å²) in [6, 6.07) is 14.8. The van der Waals surface area contributed by atoms with Crippen molar-refractivity contribution in [1.82, 2.24) is 0 Å². The highest BCUT2D eigenvalue weighted by molar-refractivity contribution is 5.32. The fourth-order valence-electron chi connectivity index (χ4n) is 3.78. The molecule has 0 radical (unpaired) electrons. The number of nitrogens with zero attached hydrogens (tertiary/aromatic N) is 2. The Kier molecular flexibility index (Phi) is 6.47. The van der Waals surface area contributed by atoms with E-state index in [0.29, 0.717) is 12.8 Å². The van der Waals surface area contributed by atoms with E-state index in [2.05, 4.69) is 12.1 Å². The molecule has 0 aliphatic heterocycles. The van der Waals surface area contributed by atoms with Crippen molar-refractivity contribution in [3.63, 3.8) is 0 Å². The summed E-state index contributed by atoms with van der Waals surface area (Å²) in [6.45, 7) is 0. The standard InChI is InChI=1S/C20H26N2/c21-16-8-15-20(17-22,19-12-5-2-6-13-19)14-7-11-18-9-3-1-4-10-18/h2,5-6,12-13,18H,1,3-4,7-11,14-15H2. The number of benzene rings is 1. The summed E-state index contributed by atoms with van der Waals surface area (Å²) in [6.07, 6.45) is 11.2. The number of hydrogen-bond donors (Lipinski definition) is 0. The van der Waals surface area contributed by atoms with E-state index in [1.807, 2.05) is 30.3 Å². The topological polar surface area (TPSA) is 47.6 Å². The van der Waals surface area contributed by atoms with Crippen LogP contribution in [-0.2, 0) is 5.41 Å². The summed E-state index contributed by atoms with van der Waals surface area (Å²) in [5.74, 6) is 0.858. The highest BCUT2D eigenvalue weighted by atomic mass is 14.4.